The molecule has 0 fully saturated rings. The minimum atomic E-state index is -0.316. The first-order valence-electron chi connectivity index (χ1n) is 7.83. The van der Waals surface area contributed by atoms with Crippen molar-refractivity contribution in [2.75, 3.05) is 14.2 Å². The Morgan fingerprint density at radius 3 is 2.58 bits per heavy atom. The second-order valence-corrected chi connectivity index (χ2v) is 5.46. The maximum Gasteiger partial charge on any atom is 0.332 e. The smallest absolute Gasteiger partial charge is 0.332 e. The lowest BCUT2D eigenvalue weighted by Crippen LogP contribution is -2.15. The molecular weight excluding hydrogens is 334 g/mol. The van der Waals surface area contributed by atoms with Crippen LogP contribution < -0.4 is 15.2 Å². The van der Waals surface area contributed by atoms with Gasteiger partial charge in [0, 0.05) is 17.8 Å². The molecule has 0 aliphatic carbocycles. The van der Waals surface area contributed by atoms with Gasteiger partial charge >= 0.3 is 5.69 Å². The molecule has 1 N–H and O–H groups in total. The Labute approximate surface area is 148 Å². The average molecular weight is 349 g/mol. The van der Waals surface area contributed by atoms with Crippen molar-refractivity contribution in [2.45, 2.75) is 0 Å². The number of nitrogens with one attached hydrogen (secondary N) is 1. The summed E-state index contributed by atoms with van der Waals surface area (Å²) in [5.41, 5.74) is 1.99. The summed E-state index contributed by atoms with van der Waals surface area (Å²) >= 11 is 0. The van der Waals surface area contributed by atoms with Crippen LogP contribution in [-0.4, -0.2) is 38.7 Å². The molecule has 0 aliphatic rings. The third-order valence-corrected chi connectivity index (χ3v) is 3.95. The van der Waals surface area contributed by atoms with Crippen LogP contribution in [0.15, 0.2) is 53.6 Å². The zero-order valence-corrected chi connectivity index (χ0v) is 14.1. The van der Waals surface area contributed by atoms with E-state index in [1.165, 1.54) is 4.57 Å². The third-order valence-electron chi connectivity index (χ3n) is 3.95. The molecule has 1 aromatic carbocycles. The van der Waals surface area contributed by atoms with E-state index >= 15 is 0 Å². The summed E-state index contributed by atoms with van der Waals surface area (Å²) in [4.78, 5) is 28.3. The van der Waals surface area contributed by atoms with Crippen LogP contribution in [0.1, 0.15) is 0 Å². The molecule has 0 spiro atoms. The number of ether oxygens (including phenoxy) is 2. The second-order valence-electron chi connectivity index (χ2n) is 5.46. The van der Waals surface area contributed by atoms with Gasteiger partial charge < -0.3 is 14.5 Å². The molecule has 4 aromatic rings. The number of aromatic nitrogens is 5. The Kier molecular flexibility index (Phi) is 3.85. The Bertz CT molecular complexity index is 1130. The summed E-state index contributed by atoms with van der Waals surface area (Å²) in [6.45, 7) is 0. The van der Waals surface area contributed by atoms with Crippen molar-refractivity contribution in [1.82, 2.24) is 24.5 Å². The molecule has 26 heavy (non-hydrogen) atoms. The molecule has 3 aromatic heterocycles. The average Bonchev–Trinajstić information content (AvgIpc) is 3.02. The maximum atomic E-state index is 12.5. The van der Waals surface area contributed by atoms with E-state index in [9.17, 15) is 4.79 Å². The molecule has 3 heterocycles. The Balaban J connectivity index is 1.91. The quantitative estimate of drug-likeness (QED) is 0.607. The van der Waals surface area contributed by atoms with Gasteiger partial charge in [-0.2, -0.15) is 0 Å². The van der Waals surface area contributed by atoms with E-state index in [0.29, 0.717) is 39.9 Å². The van der Waals surface area contributed by atoms with Gasteiger partial charge in [0.1, 0.15) is 11.3 Å². The summed E-state index contributed by atoms with van der Waals surface area (Å²) in [6.07, 6.45) is 3.20. The maximum absolute atomic E-state index is 12.5. The van der Waals surface area contributed by atoms with Crippen molar-refractivity contribution < 1.29 is 9.47 Å². The molecule has 8 heteroatoms. The van der Waals surface area contributed by atoms with Crippen LogP contribution in [0.5, 0.6) is 11.6 Å². The lowest BCUT2D eigenvalue weighted by molar-refractivity contribution is 0.398. The van der Waals surface area contributed by atoms with Crippen LogP contribution in [0.25, 0.3) is 28.2 Å². The van der Waals surface area contributed by atoms with Gasteiger partial charge in [0.15, 0.2) is 11.5 Å². The topological polar surface area (TPSA) is 94.9 Å². The zero-order chi connectivity index (χ0) is 18.1. The lowest BCUT2D eigenvalue weighted by atomic mass is 10.2. The van der Waals surface area contributed by atoms with Crippen LogP contribution in [0.4, 0.5) is 0 Å². The number of para-hydroxylation sites is 2. The minimum absolute atomic E-state index is 0.316. The molecule has 0 amide bonds. The number of benzene rings is 1. The molecule has 0 bridgehead atoms. The van der Waals surface area contributed by atoms with E-state index in [-0.39, 0.29) is 5.69 Å². The van der Waals surface area contributed by atoms with Gasteiger partial charge in [-0.05, 0) is 18.2 Å². The van der Waals surface area contributed by atoms with Crippen LogP contribution >= 0.6 is 0 Å². The zero-order valence-electron chi connectivity index (χ0n) is 14.1. The number of methoxy groups -OCH3 is 2. The predicted molar refractivity (Wildman–Crippen MR) is 95.8 cm³/mol. The molecule has 4 rings (SSSR count). The van der Waals surface area contributed by atoms with Gasteiger partial charge in [-0.15, -0.1) is 0 Å². The van der Waals surface area contributed by atoms with Gasteiger partial charge in [-0.1, -0.05) is 12.1 Å². The van der Waals surface area contributed by atoms with Crippen LogP contribution in [0, 0.1) is 0 Å². The molecule has 0 saturated carbocycles. The molecule has 0 unspecified atom stereocenters. The summed E-state index contributed by atoms with van der Waals surface area (Å²) in [5.74, 6) is 1.53. The first kappa shape index (κ1) is 15.8. The summed E-state index contributed by atoms with van der Waals surface area (Å²) in [7, 11) is 3.11. The van der Waals surface area contributed by atoms with Crippen molar-refractivity contribution in [3.63, 3.8) is 0 Å². The first-order chi connectivity index (χ1) is 12.7. The van der Waals surface area contributed by atoms with E-state index in [0.717, 1.165) is 0 Å². The number of fused-ring (bicyclic) bond motifs is 1. The number of hydrogen-bond acceptors (Lipinski definition) is 6. The van der Waals surface area contributed by atoms with Crippen molar-refractivity contribution in [1.29, 1.82) is 0 Å². The standard InChI is InChI=1S/C18H15N5O3/c1-25-14-6-4-3-5-13(14)23-17-12(21-18(23)24)10-20-16(22-17)11-7-8-15(26-2)19-9-11/h3-10H,1-2H3,(H,21,24). The fourth-order valence-electron chi connectivity index (χ4n) is 2.71. The monoisotopic (exact) mass is 349 g/mol. The highest BCUT2D eigenvalue weighted by atomic mass is 16.5. The van der Waals surface area contributed by atoms with E-state index < -0.39 is 0 Å². The SMILES string of the molecule is COc1ccc(-c2ncc3[nH]c(=O)n(-c4ccccc4OC)c3n2)cn1. The van der Waals surface area contributed by atoms with Crippen molar-refractivity contribution in [2.24, 2.45) is 0 Å². The highest BCUT2D eigenvalue weighted by molar-refractivity contribution is 5.75. The number of aromatic amines is 1. The van der Waals surface area contributed by atoms with Gasteiger partial charge in [-0.3, -0.25) is 0 Å². The number of imidazole rings is 1. The number of H-pyrrole nitrogens is 1. The summed E-state index contributed by atoms with van der Waals surface area (Å²) < 4.78 is 11.9. The Hall–Kier alpha value is -3.68. The predicted octanol–water partition coefficient (Wildman–Crippen LogP) is 2.19. The van der Waals surface area contributed by atoms with Crippen LogP contribution in [-0.2, 0) is 0 Å². The van der Waals surface area contributed by atoms with E-state index in [4.69, 9.17) is 9.47 Å². The largest absolute Gasteiger partial charge is 0.495 e. The number of hydrogen-bond donors (Lipinski definition) is 1. The number of nitrogens with zero attached hydrogens (tertiary/aromatic N) is 4. The van der Waals surface area contributed by atoms with Crippen molar-refractivity contribution in [3.8, 4) is 28.7 Å². The van der Waals surface area contributed by atoms with Gasteiger partial charge in [0.2, 0.25) is 5.88 Å². The highest BCUT2D eigenvalue weighted by Gasteiger charge is 2.15. The van der Waals surface area contributed by atoms with Gasteiger partial charge in [-0.25, -0.2) is 24.3 Å². The minimum Gasteiger partial charge on any atom is -0.495 e. The first-order valence-corrected chi connectivity index (χ1v) is 7.83. The second kappa shape index (κ2) is 6.32. The third kappa shape index (κ3) is 2.57. The van der Waals surface area contributed by atoms with Crippen LogP contribution in [0.2, 0.25) is 0 Å². The highest BCUT2D eigenvalue weighted by Crippen LogP contribution is 2.24. The Morgan fingerprint density at radius 1 is 1.00 bits per heavy atom. The van der Waals surface area contributed by atoms with Gasteiger partial charge in [0.25, 0.3) is 0 Å². The molecular formula is C18H15N5O3. The molecule has 0 atom stereocenters. The number of pyridine rings is 1. The van der Waals surface area contributed by atoms with Crippen molar-refractivity contribution in [3.05, 3.63) is 59.3 Å². The summed E-state index contributed by atoms with van der Waals surface area (Å²) in [6, 6.07) is 10.8. The van der Waals surface area contributed by atoms with E-state index in [1.54, 1.807) is 44.8 Å². The molecule has 0 saturated heterocycles. The fourth-order valence-corrected chi connectivity index (χ4v) is 2.71. The molecule has 0 aliphatic heterocycles. The Morgan fingerprint density at radius 2 is 1.85 bits per heavy atom. The fraction of sp³-hybridized carbons (Fsp3) is 0.111. The lowest BCUT2D eigenvalue weighted by Gasteiger charge is -2.09. The van der Waals surface area contributed by atoms with Gasteiger partial charge in [0.05, 0.1) is 26.1 Å². The van der Waals surface area contributed by atoms with Crippen molar-refractivity contribution >= 4 is 11.2 Å². The summed E-state index contributed by atoms with van der Waals surface area (Å²) in [5, 5.41) is 0. The number of rotatable bonds is 4. The van der Waals surface area contributed by atoms with E-state index in [1.807, 2.05) is 18.2 Å². The van der Waals surface area contributed by atoms with Crippen LogP contribution in [0.3, 0.4) is 0 Å². The molecule has 0 radical (unpaired) electrons. The van der Waals surface area contributed by atoms with E-state index in [2.05, 4.69) is 19.9 Å². The molecule has 8 nitrogen and oxygen atoms in total. The normalized spacial score (nSPS) is 10.8. The molecule has 130 valence electrons.